The lowest BCUT2D eigenvalue weighted by Gasteiger charge is -2.16. The smallest absolute Gasteiger partial charge is 0.275 e. The van der Waals surface area contributed by atoms with Crippen molar-refractivity contribution in [1.82, 2.24) is 24.5 Å². The normalized spacial score (nSPS) is 11.0. The van der Waals surface area contributed by atoms with Crippen LogP contribution in [0.2, 0.25) is 0 Å². The number of halogens is 1. The molecule has 0 aliphatic heterocycles. The highest BCUT2D eigenvalue weighted by atomic mass is 79.9. The minimum atomic E-state index is -0.0953. The third-order valence-electron chi connectivity index (χ3n) is 3.82. The van der Waals surface area contributed by atoms with Gasteiger partial charge in [-0.3, -0.25) is 14.2 Å². The van der Waals surface area contributed by atoms with Crippen molar-refractivity contribution >= 4 is 21.8 Å². The van der Waals surface area contributed by atoms with E-state index in [1.807, 2.05) is 31.6 Å². The molecule has 6 nitrogen and oxygen atoms in total. The number of hydrogen-bond donors (Lipinski definition) is 0. The van der Waals surface area contributed by atoms with Crippen LogP contribution in [-0.4, -0.2) is 37.4 Å². The summed E-state index contributed by atoms with van der Waals surface area (Å²) in [5.41, 5.74) is 3.63. The lowest BCUT2D eigenvalue weighted by atomic mass is 10.2. The maximum atomic E-state index is 12.6. The van der Waals surface area contributed by atoms with Crippen molar-refractivity contribution in [3.05, 3.63) is 33.3 Å². The Morgan fingerprint density at radius 2 is 1.95 bits per heavy atom. The van der Waals surface area contributed by atoms with Gasteiger partial charge in [0.15, 0.2) is 5.69 Å². The molecule has 120 valence electrons. The quantitative estimate of drug-likeness (QED) is 0.816. The lowest BCUT2D eigenvalue weighted by molar-refractivity contribution is 0.0777. The van der Waals surface area contributed by atoms with E-state index in [4.69, 9.17) is 0 Å². The number of aryl methyl sites for hydroxylation is 3. The third-order valence-corrected chi connectivity index (χ3v) is 4.40. The summed E-state index contributed by atoms with van der Waals surface area (Å²) in [5.74, 6) is -0.0953. The van der Waals surface area contributed by atoms with Crippen LogP contribution in [0.15, 0.2) is 10.7 Å². The van der Waals surface area contributed by atoms with Crippen LogP contribution in [0.3, 0.4) is 0 Å². The van der Waals surface area contributed by atoms with E-state index < -0.39 is 0 Å². The molecule has 0 saturated heterocycles. The van der Waals surface area contributed by atoms with Crippen molar-refractivity contribution in [2.45, 2.75) is 47.3 Å². The standard InChI is InChI=1S/C15H22BrN5O/c1-6-20-9-13(16)14(18-20)15(22)19(5)8-12-10(3)17-21(7-2)11(12)4/h9H,6-8H2,1-5H3. The molecule has 0 aromatic carbocycles. The van der Waals surface area contributed by atoms with Crippen LogP contribution in [0.1, 0.15) is 41.3 Å². The van der Waals surface area contributed by atoms with Crippen molar-refractivity contribution in [2.24, 2.45) is 0 Å². The molecule has 2 aromatic heterocycles. The summed E-state index contributed by atoms with van der Waals surface area (Å²) in [5, 5.41) is 8.81. The minimum absolute atomic E-state index is 0.0953. The topological polar surface area (TPSA) is 56.0 Å². The van der Waals surface area contributed by atoms with E-state index >= 15 is 0 Å². The van der Waals surface area contributed by atoms with E-state index in [0.29, 0.717) is 12.2 Å². The number of hydrogen-bond acceptors (Lipinski definition) is 3. The van der Waals surface area contributed by atoms with Crippen molar-refractivity contribution < 1.29 is 4.79 Å². The highest BCUT2D eigenvalue weighted by molar-refractivity contribution is 9.10. The molecule has 0 spiro atoms. The number of carbonyl (C=O) groups excluding carboxylic acids is 1. The van der Waals surface area contributed by atoms with Gasteiger partial charge in [-0.25, -0.2) is 0 Å². The van der Waals surface area contributed by atoms with Gasteiger partial charge in [0.05, 0.1) is 10.2 Å². The molecule has 0 unspecified atom stereocenters. The molecule has 7 heteroatoms. The Labute approximate surface area is 139 Å². The number of nitrogens with zero attached hydrogens (tertiary/aromatic N) is 5. The molecule has 0 saturated carbocycles. The van der Waals surface area contributed by atoms with Crippen molar-refractivity contribution in [2.75, 3.05) is 7.05 Å². The summed E-state index contributed by atoms with van der Waals surface area (Å²) in [7, 11) is 1.79. The van der Waals surface area contributed by atoms with Crippen LogP contribution in [-0.2, 0) is 19.6 Å². The SMILES string of the molecule is CCn1cc(Br)c(C(=O)N(C)Cc2c(C)nn(CC)c2C)n1. The maximum absolute atomic E-state index is 12.6. The van der Waals surface area contributed by atoms with Gasteiger partial charge in [0.25, 0.3) is 5.91 Å². The van der Waals surface area contributed by atoms with E-state index in [2.05, 4.69) is 33.1 Å². The summed E-state index contributed by atoms with van der Waals surface area (Å²) in [6.07, 6.45) is 1.83. The summed E-state index contributed by atoms with van der Waals surface area (Å²) in [6.45, 7) is 10.2. The predicted octanol–water partition coefficient (Wildman–Crippen LogP) is 2.77. The first kappa shape index (κ1) is 16.7. The van der Waals surface area contributed by atoms with Crippen molar-refractivity contribution in [3.63, 3.8) is 0 Å². The van der Waals surface area contributed by atoms with E-state index in [1.165, 1.54) is 0 Å². The molecule has 0 radical (unpaired) electrons. The van der Waals surface area contributed by atoms with Crippen LogP contribution in [0.4, 0.5) is 0 Å². The highest BCUT2D eigenvalue weighted by Gasteiger charge is 2.21. The van der Waals surface area contributed by atoms with Crippen LogP contribution < -0.4 is 0 Å². The zero-order valence-electron chi connectivity index (χ0n) is 13.7. The van der Waals surface area contributed by atoms with Gasteiger partial charge in [0.2, 0.25) is 0 Å². The van der Waals surface area contributed by atoms with Gasteiger partial charge in [0.1, 0.15) is 0 Å². The summed E-state index contributed by atoms with van der Waals surface area (Å²) >= 11 is 3.41. The van der Waals surface area contributed by atoms with Crippen LogP contribution in [0.5, 0.6) is 0 Å². The van der Waals surface area contributed by atoms with Gasteiger partial charge >= 0.3 is 0 Å². The van der Waals surface area contributed by atoms with E-state index in [1.54, 1.807) is 16.6 Å². The van der Waals surface area contributed by atoms with Gasteiger partial charge in [-0.2, -0.15) is 10.2 Å². The molecular formula is C15H22BrN5O. The number of amides is 1. The lowest BCUT2D eigenvalue weighted by Crippen LogP contribution is -2.27. The average molecular weight is 368 g/mol. The molecule has 0 aliphatic rings. The molecule has 2 rings (SSSR count). The van der Waals surface area contributed by atoms with Crippen molar-refractivity contribution in [1.29, 1.82) is 0 Å². The van der Waals surface area contributed by atoms with E-state index in [9.17, 15) is 4.79 Å². The second-order valence-electron chi connectivity index (χ2n) is 5.31. The Morgan fingerprint density at radius 3 is 2.45 bits per heavy atom. The largest absolute Gasteiger partial charge is 0.336 e. The predicted molar refractivity (Wildman–Crippen MR) is 88.8 cm³/mol. The van der Waals surface area contributed by atoms with Gasteiger partial charge in [-0.15, -0.1) is 0 Å². The summed E-state index contributed by atoms with van der Waals surface area (Å²) in [6, 6.07) is 0. The molecule has 1 amide bonds. The number of aromatic nitrogens is 4. The molecule has 2 heterocycles. The van der Waals surface area contributed by atoms with Crippen molar-refractivity contribution in [3.8, 4) is 0 Å². The molecule has 0 aliphatic carbocycles. The highest BCUT2D eigenvalue weighted by Crippen LogP contribution is 2.19. The number of rotatable bonds is 5. The fourth-order valence-electron chi connectivity index (χ4n) is 2.46. The molecule has 2 aromatic rings. The van der Waals surface area contributed by atoms with Gasteiger partial charge in [-0.1, -0.05) is 0 Å². The fourth-order valence-corrected chi connectivity index (χ4v) is 2.95. The van der Waals surface area contributed by atoms with Gasteiger partial charge in [0, 0.05) is 44.1 Å². The Hall–Kier alpha value is -1.63. The van der Waals surface area contributed by atoms with Gasteiger partial charge in [-0.05, 0) is 43.6 Å². The first-order valence-electron chi connectivity index (χ1n) is 7.40. The molecule has 0 N–H and O–H groups in total. The second kappa shape index (κ2) is 6.64. The average Bonchev–Trinajstić information content (AvgIpc) is 3.00. The second-order valence-corrected chi connectivity index (χ2v) is 6.16. The molecule has 22 heavy (non-hydrogen) atoms. The molecule has 0 fully saturated rings. The zero-order valence-corrected chi connectivity index (χ0v) is 15.3. The van der Waals surface area contributed by atoms with E-state index in [0.717, 1.165) is 34.5 Å². The minimum Gasteiger partial charge on any atom is -0.336 e. The third kappa shape index (κ3) is 3.09. The first-order chi connectivity index (χ1) is 10.4. The Morgan fingerprint density at radius 1 is 1.27 bits per heavy atom. The summed E-state index contributed by atoms with van der Waals surface area (Å²) in [4.78, 5) is 14.3. The molecule has 0 atom stereocenters. The Kier molecular flexibility index (Phi) is 5.05. The number of carbonyl (C=O) groups is 1. The van der Waals surface area contributed by atoms with Crippen LogP contribution in [0, 0.1) is 13.8 Å². The molecule has 0 bridgehead atoms. The maximum Gasteiger partial charge on any atom is 0.275 e. The summed E-state index contributed by atoms with van der Waals surface area (Å²) < 4.78 is 4.44. The fraction of sp³-hybridized carbons (Fsp3) is 0.533. The zero-order chi connectivity index (χ0) is 16.4. The van der Waals surface area contributed by atoms with Crippen LogP contribution >= 0.6 is 15.9 Å². The monoisotopic (exact) mass is 367 g/mol. The molecular weight excluding hydrogens is 346 g/mol. The van der Waals surface area contributed by atoms with Gasteiger partial charge < -0.3 is 4.90 Å². The Balaban J connectivity index is 2.21. The van der Waals surface area contributed by atoms with Crippen LogP contribution in [0.25, 0.3) is 0 Å². The first-order valence-corrected chi connectivity index (χ1v) is 8.19. The van der Waals surface area contributed by atoms with E-state index in [-0.39, 0.29) is 5.91 Å². The Bertz CT molecular complexity index is 688.